The molecular weight excluding hydrogens is 450 g/mol. The molecule has 8 nitrogen and oxygen atoms in total. The van der Waals surface area contributed by atoms with E-state index in [1.165, 1.54) is 11.8 Å². The van der Waals surface area contributed by atoms with Crippen LogP contribution < -0.4 is 15.8 Å². The molecule has 10 heteroatoms. The average molecular weight is 472 g/mol. The molecule has 0 aliphatic carbocycles. The fraction of sp³-hybridized carbons (Fsp3) is 0.182. The van der Waals surface area contributed by atoms with Crippen molar-refractivity contribution in [2.75, 3.05) is 11.1 Å². The Morgan fingerprint density at radius 3 is 2.78 bits per heavy atom. The first-order valence-electron chi connectivity index (χ1n) is 9.62. The van der Waals surface area contributed by atoms with Crippen molar-refractivity contribution in [3.63, 3.8) is 0 Å². The van der Waals surface area contributed by atoms with Crippen molar-refractivity contribution in [3.05, 3.63) is 77.1 Å². The Balaban J connectivity index is 1.64. The van der Waals surface area contributed by atoms with Crippen molar-refractivity contribution in [1.82, 2.24) is 14.8 Å². The van der Waals surface area contributed by atoms with E-state index in [1.54, 1.807) is 42.5 Å². The second-order valence-corrected chi connectivity index (χ2v) is 8.09. The van der Waals surface area contributed by atoms with Crippen LogP contribution in [0.1, 0.15) is 21.7 Å². The summed E-state index contributed by atoms with van der Waals surface area (Å²) in [5.74, 6) is 0.423. The fourth-order valence-electron chi connectivity index (χ4n) is 2.82. The number of aryl methyl sites for hydroxylation is 1. The van der Waals surface area contributed by atoms with Gasteiger partial charge in [0.15, 0.2) is 11.0 Å². The first-order valence-corrected chi connectivity index (χ1v) is 11.0. The van der Waals surface area contributed by atoms with Crippen LogP contribution in [0.15, 0.2) is 60.3 Å². The molecule has 0 saturated carbocycles. The predicted molar refractivity (Wildman–Crippen MR) is 125 cm³/mol. The highest BCUT2D eigenvalue weighted by atomic mass is 35.5. The second-order valence-electron chi connectivity index (χ2n) is 6.74. The molecule has 2 aromatic carbocycles. The fourth-order valence-corrected chi connectivity index (χ4v) is 3.71. The van der Waals surface area contributed by atoms with Crippen LogP contribution in [0.3, 0.4) is 0 Å². The lowest BCUT2D eigenvalue weighted by Gasteiger charge is -2.10. The van der Waals surface area contributed by atoms with Gasteiger partial charge in [0.05, 0.1) is 17.0 Å². The summed E-state index contributed by atoms with van der Waals surface area (Å²) >= 11 is 7.27. The van der Waals surface area contributed by atoms with Crippen LogP contribution in [0.25, 0.3) is 0 Å². The maximum atomic E-state index is 12.4. The Morgan fingerprint density at radius 2 is 2.06 bits per heavy atom. The number of thioether (sulfide) groups is 1. The molecule has 0 spiro atoms. The summed E-state index contributed by atoms with van der Waals surface area (Å²) in [4.78, 5) is 23.9. The summed E-state index contributed by atoms with van der Waals surface area (Å²) in [6, 6.07) is 12.0. The first kappa shape index (κ1) is 23.4. The van der Waals surface area contributed by atoms with Gasteiger partial charge in [0, 0.05) is 11.6 Å². The Hall–Kier alpha value is -3.30. The van der Waals surface area contributed by atoms with Crippen molar-refractivity contribution in [2.45, 2.75) is 25.2 Å². The molecule has 32 heavy (non-hydrogen) atoms. The first-order chi connectivity index (χ1) is 15.4. The molecule has 0 radical (unpaired) electrons. The van der Waals surface area contributed by atoms with E-state index in [4.69, 9.17) is 22.1 Å². The van der Waals surface area contributed by atoms with E-state index >= 15 is 0 Å². The lowest BCUT2D eigenvalue weighted by atomic mass is 10.1. The molecule has 0 aliphatic heterocycles. The number of amides is 2. The molecule has 0 saturated heterocycles. The Morgan fingerprint density at radius 1 is 1.28 bits per heavy atom. The van der Waals surface area contributed by atoms with Crippen molar-refractivity contribution in [1.29, 1.82) is 0 Å². The monoisotopic (exact) mass is 471 g/mol. The van der Waals surface area contributed by atoms with Gasteiger partial charge in [-0.05, 0) is 42.8 Å². The van der Waals surface area contributed by atoms with Crippen LogP contribution in [0.2, 0.25) is 5.02 Å². The molecule has 0 fully saturated rings. The number of nitrogens with one attached hydrogen (secondary N) is 1. The molecule has 0 unspecified atom stereocenters. The third-order valence-corrected chi connectivity index (χ3v) is 5.79. The van der Waals surface area contributed by atoms with Crippen molar-refractivity contribution >= 4 is 40.9 Å². The summed E-state index contributed by atoms with van der Waals surface area (Å²) in [7, 11) is 0. The standard InChI is InChI=1S/C22H22ClN5O3S/c1-3-10-28-19(12-31-15-8-9-17(23)14(2)11-15)26-27-22(28)32-13-20(29)25-18-7-5-4-6-16(18)21(24)30/h3-9,11H,1,10,12-13H2,2H3,(H2,24,30)(H,25,29). The summed E-state index contributed by atoms with van der Waals surface area (Å²) in [5, 5.41) is 12.3. The predicted octanol–water partition coefficient (Wildman–Crippen LogP) is 3.83. The average Bonchev–Trinajstić information content (AvgIpc) is 3.15. The quantitative estimate of drug-likeness (QED) is 0.343. The number of aromatic nitrogens is 3. The normalized spacial score (nSPS) is 10.6. The van der Waals surface area contributed by atoms with Crippen LogP contribution in [0, 0.1) is 6.92 Å². The minimum atomic E-state index is -0.611. The number of benzene rings is 2. The van der Waals surface area contributed by atoms with Crippen LogP contribution >= 0.6 is 23.4 Å². The molecule has 3 N–H and O–H groups in total. The summed E-state index contributed by atoms with van der Waals surface area (Å²) in [6.45, 7) is 6.32. The number of hydrogen-bond acceptors (Lipinski definition) is 6. The van der Waals surface area contributed by atoms with E-state index in [0.29, 0.717) is 34.0 Å². The number of ether oxygens (including phenoxy) is 1. The Labute approximate surface area is 194 Å². The van der Waals surface area contributed by atoms with Crippen molar-refractivity contribution in [2.24, 2.45) is 5.73 Å². The molecule has 0 aliphatic rings. The van der Waals surface area contributed by atoms with E-state index in [1.807, 2.05) is 17.6 Å². The molecular formula is C22H22ClN5O3S. The maximum absolute atomic E-state index is 12.4. The highest BCUT2D eigenvalue weighted by molar-refractivity contribution is 7.99. The molecule has 0 bridgehead atoms. The molecule has 1 heterocycles. The molecule has 3 aromatic rings. The molecule has 2 amide bonds. The van der Waals surface area contributed by atoms with Gasteiger partial charge in [-0.25, -0.2) is 0 Å². The third-order valence-electron chi connectivity index (χ3n) is 4.40. The zero-order valence-electron chi connectivity index (χ0n) is 17.4. The number of primary amides is 1. The lowest BCUT2D eigenvalue weighted by molar-refractivity contribution is -0.113. The van der Waals surface area contributed by atoms with E-state index in [0.717, 1.165) is 5.56 Å². The zero-order valence-corrected chi connectivity index (χ0v) is 18.9. The number of carbonyl (C=O) groups excluding carboxylic acids is 2. The van der Waals surface area contributed by atoms with Gasteiger partial charge >= 0.3 is 0 Å². The molecule has 1 aromatic heterocycles. The number of allylic oxidation sites excluding steroid dienone is 1. The highest BCUT2D eigenvalue weighted by Crippen LogP contribution is 2.23. The molecule has 0 atom stereocenters. The van der Waals surface area contributed by atoms with Gasteiger partial charge in [0.25, 0.3) is 5.91 Å². The van der Waals surface area contributed by atoms with Gasteiger partial charge in [-0.3, -0.25) is 14.2 Å². The van der Waals surface area contributed by atoms with Gasteiger partial charge in [0.2, 0.25) is 5.91 Å². The largest absolute Gasteiger partial charge is 0.486 e. The lowest BCUT2D eigenvalue weighted by Crippen LogP contribution is -2.19. The van der Waals surface area contributed by atoms with Crippen molar-refractivity contribution < 1.29 is 14.3 Å². The smallest absolute Gasteiger partial charge is 0.250 e. The third kappa shape index (κ3) is 5.89. The SMILES string of the molecule is C=CCn1c(COc2ccc(Cl)c(C)c2)nnc1SCC(=O)Nc1ccccc1C(N)=O. The number of para-hydroxylation sites is 1. The highest BCUT2D eigenvalue weighted by Gasteiger charge is 2.16. The van der Waals surface area contributed by atoms with Gasteiger partial charge in [0.1, 0.15) is 12.4 Å². The number of halogens is 1. The minimum Gasteiger partial charge on any atom is -0.486 e. The van der Waals surface area contributed by atoms with E-state index in [2.05, 4.69) is 22.1 Å². The molecule has 166 valence electrons. The van der Waals surface area contributed by atoms with Crippen LogP contribution in [0.4, 0.5) is 5.69 Å². The van der Waals surface area contributed by atoms with E-state index in [-0.39, 0.29) is 23.8 Å². The van der Waals surface area contributed by atoms with Crippen LogP contribution in [-0.2, 0) is 17.9 Å². The minimum absolute atomic E-state index is 0.0691. The van der Waals surface area contributed by atoms with Crippen LogP contribution in [-0.4, -0.2) is 32.3 Å². The summed E-state index contributed by atoms with van der Waals surface area (Å²) < 4.78 is 7.64. The van der Waals surface area contributed by atoms with Gasteiger partial charge < -0.3 is 15.8 Å². The number of nitrogens with two attached hydrogens (primary N) is 1. The number of carbonyl (C=O) groups is 2. The number of nitrogens with zero attached hydrogens (tertiary/aromatic N) is 3. The topological polar surface area (TPSA) is 112 Å². The Bertz CT molecular complexity index is 1150. The number of anilines is 1. The number of rotatable bonds is 10. The number of hydrogen-bond donors (Lipinski definition) is 2. The van der Waals surface area contributed by atoms with Gasteiger partial charge in [-0.1, -0.05) is 41.6 Å². The van der Waals surface area contributed by atoms with E-state index < -0.39 is 5.91 Å². The summed E-state index contributed by atoms with van der Waals surface area (Å²) in [6.07, 6.45) is 1.71. The maximum Gasteiger partial charge on any atom is 0.250 e. The van der Waals surface area contributed by atoms with Crippen molar-refractivity contribution in [3.8, 4) is 5.75 Å². The Kier molecular flexibility index (Phi) is 7.91. The zero-order chi connectivity index (χ0) is 23.1. The second kappa shape index (κ2) is 10.8. The summed E-state index contributed by atoms with van der Waals surface area (Å²) in [5.41, 5.74) is 6.88. The van der Waals surface area contributed by atoms with Gasteiger partial charge in [-0.2, -0.15) is 0 Å². The van der Waals surface area contributed by atoms with Gasteiger partial charge in [-0.15, -0.1) is 16.8 Å². The van der Waals surface area contributed by atoms with Crippen LogP contribution in [0.5, 0.6) is 5.75 Å². The van der Waals surface area contributed by atoms with E-state index in [9.17, 15) is 9.59 Å². The molecule has 3 rings (SSSR count).